The third-order valence-electron chi connectivity index (χ3n) is 4.23. The van der Waals surface area contributed by atoms with Crippen molar-refractivity contribution in [1.82, 2.24) is 4.90 Å². The van der Waals surface area contributed by atoms with Crippen LogP contribution >= 0.6 is 0 Å². The maximum atomic E-state index is 12.0. The van der Waals surface area contributed by atoms with E-state index < -0.39 is 0 Å². The van der Waals surface area contributed by atoms with Gasteiger partial charge in [0.2, 0.25) is 23.6 Å². The number of amides is 4. The van der Waals surface area contributed by atoms with Crippen molar-refractivity contribution in [2.24, 2.45) is 0 Å². The fourth-order valence-electron chi connectivity index (χ4n) is 2.98. The molecule has 2 saturated heterocycles. The minimum absolute atomic E-state index is 0.0599. The Kier molecular flexibility index (Phi) is 4.59. The number of imide groups is 1. The normalized spacial score (nSPS) is 17.8. The summed E-state index contributed by atoms with van der Waals surface area (Å²) in [6, 6.07) is 7.12. The van der Waals surface area contributed by atoms with Crippen LogP contribution in [0.4, 0.5) is 11.4 Å². The van der Waals surface area contributed by atoms with Gasteiger partial charge in [-0.2, -0.15) is 0 Å². The fraction of sp³-hybridized carbons (Fsp3) is 0.412. The standard InChI is InChI=1S/C17H19N3O4/c21-14(8-10-20-16(23)6-7-17(20)24)18-12-3-1-4-13(11-12)19-9-2-5-15(19)22/h1,3-4,11H,2,5-10H2,(H,18,21). The molecule has 7 nitrogen and oxygen atoms in total. The number of anilines is 2. The topological polar surface area (TPSA) is 86.8 Å². The van der Waals surface area contributed by atoms with Crippen molar-refractivity contribution in [3.05, 3.63) is 24.3 Å². The lowest BCUT2D eigenvalue weighted by Gasteiger charge is -2.17. The van der Waals surface area contributed by atoms with Crippen LogP contribution in [-0.2, 0) is 19.2 Å². The third-order valence-corrected chi connectivity index (χ3v) is 4.23. The Morgan fingerprint density at radius 1 is 1.04 bits per heavy atom. The van der Waals surface area contributed by atoms with Crippen molar-refractivity contribution < 1.29 is 19.2 Å². The summed E-state index contributed by atoms with van der Waals surface area (Å²) in [5.41, 5.74) is 1.36. The Labute approximate surface area is 139 Å². The molecule has 3 rings (SSSR count). The third kappa shape index (κ3) is 3.45. The molecule has 7 heteroatoms. The van der Waals surface area contributed by atoms with E-state index in [4.69, 9.17) is 0 Å². The number of rotatable bonds is 5. The lowest BCUT2D eigenvalue weighted by Crippen LogP contribution is -2.32. The van der Waals surface area contributed by atoms with Crippen LogP contribution in [-0.4, -0.2) is 41.6 Å². The smallest absolute Gasteiger partial charge is 0.229 e. The second-order valence-electron chi connectivity index (χ2n) is 5.94. The molecule has 0 unspecified atom stereocenters. The molecule has 0 atom stereocenters. The van der Waals surface area contributed by atoms with Crippen LogP contribution in [0.5, 0.6) is 0 Å². The Bertz CT molecular complexity index is 685. The summed E-state index contributed by atoms with van der Waals surface area (Å²) in [4.78, 5) is 49.7. The lowest BCUT2D eigenvalue weighted by molar-refractivity contribution is -0.138. The van der Waals surface area contributed by atoms with E-state index in [2.05, 4.69) is 5.32 Å². The predicted molar refractivity (Wildman–Crippen MR) is 87.2 cm³/mol. The minimum Gasteiger partial charge on any atom is -0.326 e. The number of nitrogens with one attached hydrogen (secondary N) is 1. The monoisotopic (exact) mass is 329 g/mol. The van der Waals surface area contributed by atoms with Crippen LogP contribution in [0.25, 0.3) is 0 Å². The van der Waals surface area contributed by atoms with Crippen molar-refractivity contribution in [3.63, 3.8) is 0 Å². The highest BCUT2D eigenvalue weighted by Gasteiger charge is 2.28. The molecule has 0 bridgehead atoms. The zero-order chi connectivity index (χ0) is 17.1. The summed E-state index contributed by atoms with van der Waals surface area (Å²) in [6.45, 7) is 0.795. The molecule has 2 aliphatic heterocycles. The van der Waals surface area contributed by atoms with Gasteiger partial charge in [-0.25, -0.2) is 0 Å². The molecule has 24 heavy (non-hydrogen) atoms. The fourth-order valence-corrected chi connectivity index (χ4v) is 2.98. The Balaban J connectivity index is 1.57. The summed E-state index contributed by atoms with van der Waals surface area (Å²) in [6.07, 6.45) is 1.91. The Morgan fingerprint density at radius 3 is 2.46 bits per heavy atom. The second kappa shape index (κ2) is 6.82. The van der Waals surface area contributed by atoms with Gasteiger partial charge in [-0.15, -0.1) is 0 Å². The first-order valence-corrected chi connectivity index (χ1v) is 8.08. The number of carbonyl (C=O) groups excluding carboxylic acids is 4. The maximum absolute atomic E-state index is 12.0. The molecule has 1 N–H and O–H groups in total. The molecule has 2 fully saturated rings. The van der Waals surface area contributed by atoms with Gasteiger partial charge in [-0.1, -0.05) is 6.07 Å². The molecule has 1 aromatic carbocycles. The highest BCUT2D eigenvalue weighted by Crippen LogP contribution is 2.24. The summed E-state index contributed by atoms with van der Waals surface area (Å²) in [5.74, 6) is -0.624. The molecule has 4 amide bonds. The second-order valence-corrected chi connectivity index (χ2v) is 5.94. The molecular formula is C17H19N3O4. The first-order chi connectivity index (χ1) is 11.5. The van der Waals surface area contributed by atoms with Gasteiger partial charge in [0.15, 0.2) is 0 Å². The van der Waals surface area contributed by atoms with Gasteiger partial charge in [-0.05, 0) is 24.6 Å². The molecule has 0 spiro atoms. The minimum atomic E-state index is -0.271. The number of carbonyl (C=O) groups is 4. The van der Waals surface area contributed by atoms with E-state index in [-0.39, 0.29) is 49.4 Å². The lowest BCUT2D eigenvalue weighted by atomic mass is 10.2. The maximum Gasteiger partial charge on any atom is 0.229 e. The van der Waals surface area contributed by atoms with Crippen LogP contribution in [0, 0.1) is 0 Å². The van der Waals surface area contributed by atoms with Gasteiger partial charge in [0.25, 0.3) is 0 Å². The van der Waals surface area contributed by atoms with E-state index in [0.717, 1.165) is 17.0 Å². The molecule has 2 heterocycles. The van der Waals surface area contributed by atoms with Gasteiger partial charge in [-0.3, -0.25) is 24.1 Å². The molecule has 1 aromatic rings. The number of hydrogen-bond donors (Lipinski definition) is 1. The van der Waals surface area contributed by atoms with E-state index in [1.54, 1.807) is 23.1 Å². The Morgan fingerprint density at radius 2 is 1.79 bits per heavy atom. The van der Waals surface area contributed by atoms with Crippen LogP contribution in [0.1, 0.15) is 32.1 Å². The first-order valence-electron chi connectivity index (χ1n) is 8.08. The molecule has 0 aromatic heterocycles. The molecule has 0 saturated carbocycles. The van der Waals surface area contributed by atoms with Crippen molar-refractivity contribution in [2.45, 2.75) is 32.1 Å². The molecular weight excluding hydrogens is 310 g/mol. The van der Waals surface area contributed by atoms with Crippen molar-refractivity contribution in [2.75, 3.05) is 23.3 Å². The van der Waals surface area contributed by atoms with Gasteiger partial charge in [0.1, 0.15) is 0 Å². The van der Waals surface area contributed by atoms with Gasteiger partial charge < -0.3 is 10.2 Å². The molecule has 126 valence electrons. The summed E-state index contributed by atoms with van der Waals surface area (Å²) in [7, 11) is 0. The summed E-state index contributed by atoms with van der Waals surface area (Å²) < 4.78 is 0. The zero-order valence-electron chi connectivity index (χ0n) is 13.3. The highest BCUT2D eigenvalue weighted by atomic mass is 16.2. The van der Waals surface area contributed by atoms with Crippen molar-refractivity contribution in [1.29, 1.82) is 0 Å². The van der Waals surface area contributed by atoms with E-state index in [9.17, 15) is 19.2 Å². The number of nitrogens with zero attached hydrogens (tertiary/aromatic N) is 2. The molecule has 0 radical (unpaired) electrons. The van der Waals surface area contributed by atoms with Crippen molar-refractivity contribution in [3.8, 4) is 0 Å². The van der Waals surface area contributed by atoms with Crippen molar-refractivity contribution >= 4 is 35.0 Å². The predicted octanol–water partition coefficient (Wildman–Crippen LogP) is 1.29. The average molecular weight is 329 g/mol. The first kappa shape index (κ1) is 16.2. The van der Waals surface area contributed by atoms with Crippen LogP contribution < -0.4 is 10.2 Å². The average Bonchev–Trinajstić information content (AvgIpc) is 3.12. The highest BCUT2D eigenvalue weighted by molar-refractivity contribution is 6.02. The number of hydrogen-bond acceptors (Lipinski definition) is 4. The molecule has 2 aliphatic rings. The Hall–Kier alpha value is -2.70. The van der Waals surface area contributed by atoms with Crippen LogP contribution in [0.15, 0.2) is 24.3 Å². The van der Waals surface area contributed by atoms with Crippen LogP contribution in [0.3, 0.4) is 0 Å². The van der Waals surface area contributed by atoms with E-state index >= 15 is 0 Å². The number of benzene rings is 1. The van der Waals surface area contributed by atoms with Gasteiger partial charge in [0.05, 0.1) is 0 Å². The van der Waals surface area contributed by atoms with E-state index in [0.29, 0.717) is 18.7 Å². The van der Waals surface area contributed by atoms with E-state index in [1.165, 1.54) is 0 Å². The summed E-state index contributed by atoms with van der Waals surface area (Å²) >= 11 is 0. The van der Waals surface area contributed by atoms with Gasteiger partial charge >= 0.3 is 0 Å². The molecule has 0 aliphatic carbocycles. The van der Waals surface area contributed by atoms with Gasteiger partial charge in [0, 0.05) is 50.1 Å². The quantitative estimate of drug-likeness (QED) is 0.825. The SMILES string of the molecule is O=C(CCN1C(=O)CCC1=O)Nc1cccc(N2CCCC2=O)c1. The largest absolute Gasteiger partial charge is 0.326 e. The zero-order valence-corrected chi connectivity index (χ0v) is 13.3. The number of likely N-dealkylation sites (tertiary alicyclic amines) is 1. The van der Waals surface area contributed by atoms with E-state index in [1.807, 2.05) is 6.07 Å². The van der Waals surface area contributed by atoms with Crippen LogP contribution in [0.2, 0.25) is 0 Å². The summed E-state index contributed by atoms with van der Waals surface area (Å²) in [5, 5.41) is 2.75.